The van der Waals surface area contributed by atoms with Gasteiger partial charge in [-0.1, -0.05) is 24.3 Å². The summed E-state index contributed by atoms with van der Waals surface area (Å²) < 4.78 is 21.5. The van der Waals surface area contributed by atoms with Gasteiger partial charge in [-0.3, -0.25) is 9.59 Å². The molecule has 33 heavy (non-hydrogen) atoms. The molecule has 0 spiro atoms. The van der Waals surface area contributed by atoms with Gasteiger partial charge in [0.05, 0.1) is 32.3 Å². The minimum Gasteiger partial charge on any atom is -0.497 e. The minimum atomic E-state index is -0.674. The van der Waals surface area contributed by atoms with E-state index in [0.29, 0.717) is 23.6 Å². The van der Waals surface area contributed by atoms with Crippen LogP contribution >= 0.6 is 0 Å². The number of nitrogens with one attached hydrogen (secondary N) is 2. The average molecular weight is 454 g/mol. The molecule has 2 aliphatic heterocycles. The van der Waals surface area contributed by atoms with E-state index in [-0.39, 0.29) is 31.6 Å². The van der Waals surface area contributed by atoms with Crippen LogP contribution in [0.2, 0.25) is 0 Å². The van der Waals surface area contributed by atoms with Crippen LogP contribution in [0.1, 0.15) is 22.3 Å². The summed E-state index contributed by atoms with van der Waals surface area (Å²) in [4.78, 5) is 25.0. The highest BCUT2D eigenvalue weighted by molar-refractivity contribution is 5.95. The molecule has 0 bridgehead atoms. The smallest absolute Gasteiger partial charge is 0.251 e. The third kappa shape index (κ3) is 5.63. The maximum Gasteiger partial charge on any atom is 0.251 e. The van der Waals surface area contributed by atoms with Crippen molar-refractivity contribution >= 4 is 11.8 Å². The molecular weight excluding hydrogens is 428 g/mol. The van der Waals surface area contributed by atoms with Gasteiger partial charge in [-0.05, 0) is 35.9 Å². The number of benzene rings is 2. The molecule has 3 N–H and O–H groups in total. The van der Waals surface area contributed by atoms with Crippen LogP contribution < -0.4 is 24.8 Å². The minimum absolute atomic E-state index is 0.103. The van der Waals surface area contributed by atoms with Gasteiger partial charge in [0.1, 0.15) is 11.9 Å². The van der Waals surface area contributed by atoms with Gasteiger partial charge in [-0.2, -0.15) is 0 Å². The van der Waals surface area contributed by atoms with Gasteiger partial charge in [0, 0.05) is 12.1 Å². The van der Waals surface area contributed by atoms with E-state index in [2.05, 4.69) is 10.6 Å². The molecule has 0 fully saturated rings. The number of fused-ring (bicyclic) bond motifs is 1. The van der Waals surface area contributed by atoms with Crippen LogP contribution in [0.25, 0.3) is 0 Å². The molecular formula is C24H26N2O7. The Hall–Kier alpha value is -3.56. The second-order valence-electron chi connectivity index (χ2n) is 7.68. The predicted molar refractivity (Wildman–Crippen MR) is 118 cm³/mol. The fourth-order valence-electron chi connectivity index (χ4n) is 3.61. The maximum atomic E-state index is 12.6. The molecule has 0 saturated carbocycles. The molecule has 2 aliphatic rings. The van der Waals surface area contributed by atoms with E-state index in [0.717, 1.165) is 11.3 Å². The first kappa shape index (κ1) is 22.6. The zero-order chi connectivity index (χ0) is 23.2. The predicted octanol–water partition coefficient (Wildman–Crippen LogP) is 1.54. The monoisotopic (exact) mass is 454 g/mol. The SMILES string of the molecule is COc1ccc(CNC(=O)C[C@@H]2C=C[C@@H](NC(=O)c3ccc4c(c3)OCO4)[C@@H](CO)O2)cc1. The lowest BCUT2D eigenvalue weighted by Gasteiger charge is -2.31. The molecule has 2 heterocycles. The van der Waals surface area contributed by atoms with Gasteiger partial charge in [0.2, 0.25) is 12.7 Å². The van der Waals surface area contributed by atoms with E-state index in [1.807, 2.05) is 24.3 Å². The number of hydrogen-bond acceptors (Lipinski definition) is 7. The van der Waals surface area contributed by atoms with Gasteiger partial charge in [-0.25, -0.2) is 0 Å². The molecule has 174 valence electrons. The van der Waals surface area contributed by atoms with Gasteiger partial charge >= 0.3 is 0 Å². The van der Waals surface area contributed by atoms with Crippen molar-refractivity contribution in [2.75, 3.05) is 20.5 Å². The number of carbonyl (C=O) groups is 2. The number of ether oxygens (including phenoxy) is 4. The summed E-state index contributed by atoms with van der Waals surface area (Å²) in [6.45, 7) is 0.207. The van der Waals surface area contributed by atoms with Gasteiger partial charge in [-0.15, -0.1) is 0 Å². The van der Waals surface area contributed by atoms with Crippen LogP contribution in [-0.4, -0.2) is 55.7 Å². The largest absolute Gasteiger partial charge is 0.497 e. The van der Waals surface area contributed by atoms with Gasteiger partial charge < -0.3 is 34.7 Å². The van der Waals surface area contributed by atoms with E-state index in [1.54, 1.807) is 37.5 Å². The highest BCUT2D eigenvalue weighted by atomic mass is 16.7. The van der Waals surface area contributed by atoms with Crippen molar-refractivity contribution in [2.24, 2.45) is 0 Å². The molecule has 2 aromatic rings. The Kier molecular flexibility index (Phi) is 7.11. The van der Waals surface area contributed by atoms with Crippen molar-refractivity contribution in [3.63, 3.8) is 0 Å². The molecule has 2 amide bonds. The van der Waals surface area contributed by atoms with Crippen LogP contribution in [0, 0.1) is 0 Å². The number of rotatable bonds is 8. The fraction of sp³-hybridized carbons (Fsp3) is 0.333. The lowest BCUT2D eigenvalue weighted by atomic mass is 10.0. The summed E-state index contributed by atoms with van der Waals surface area (Å²) >= 11 is 0. The lowest BCUT2D eigenvalue weighted by molar-refractivity contribution is -0.125. The van der Waals surface area contributed by atoms with E-state index in [4.69, 9.17) is 18.9 Å². The highest BCUT2D eigenvalue weighted by Crippen LogP contribution is 2.32. The number of carbonyl (C=O) groups excluding carboxylic acids is 2. The molecule has 0 radical (unpaired) electrons. The summed E-state index contributed by atoms with van der Waals surface area (Å²) in [6.07, 6.45) is 2.40. The van der Waals surface area contributed by atoms with Crippen LogP contribution in [-0.2, 0) is 16.1 Å². The molecule has 0 unspecified atom stereocenters. The highest BCUT2D eigenvalue weighted by Gasteiger charge is 2.29. The Labute approximate surface area is 191 Å². The average Bonchev–Trinajstić information content (AvgIpc) is 3.32. The molecule has 0 aromatic heterocycles. The van der Waals surface area contributed by atoms with E-state index >= 15 is 0 Å². The Morgan fingerprint density at radius 1 is 1.09 bits per heavy atom. The number of aliphatic hydroxyl groups excluding tert-OH is 1. The maximum absolute atomic E-state index is 12.6. The Morgan fingerprint density at radius 2 is 1.88 bits per heavy atom. The van der Waals surface area contributed by atoms with Crippen molar-refractivity contribution in [1.29, 1.82) is 0 Å². The first-order valence-corrected chi connectivity index (χ1v) is 10.6. The summed E-state index contributed by atoms with van der Waals surface area (Å²) in [5.74, 6) is 1.34. The van der Waals surface area contributed by atoms with E-state index in [9.17, 15) is 14.7 Å². The lowest BCUT2D eigenvalue weighted by Crippen LogP contribution is -2.49. The quantitative estimate of drug-likeness (QED) is 0.519. The molecule has 9 nitrogen and oxygen atoms in total. The summed E-state index contributed by atoms with van der Waals surface area (Å²) in [5.41, 5.74) is 1.35. The van der Waals surface area contributed by atoms with Crippen LogP contribution in [0.15, 0.2) is 54.6 Å². The molecule has 4 rings (SSSR count). The Balaban J connectivity index is 1.29. The summed E-state index contributed by atoms with van der Waals surface area (Å²) in [7, 11) is 1.60. The van der Waals surface area contributed by atoms with Crippen LogP contribution in [0.5, 0.6) is 17.2 Å². The number of aliphatic hydroxyl groups is 1. The molecule has 9 heteroatoms. The third-order valence-electron chi connectivity index (χ3n) is 5.43. The number of hydrogen-bond donors (Lipinski definition) is 3. The van der Waals surface area contributed by atoms with Crippen molar-refractivity contribution in [2.45, 2.75) is 31.2 Å². The normalized spacial score (nSPS) is 20.8. The standard InChI is InChI=1S/C24H26N2O7/c1-30-17-5-2-15(3-6-17)12-25-23(28)11-18-7-8-19(22(13-27)33-18)26-24(29)16-4-9-20-21(10-16)32-14-31-20/h2-10,18-19,22,27H,11-14H2,1H3,(H,25,28)(H,26,29)/t18-,19+,22+/m0/s1. The van der Waals surface area contributed by atoms with Gasteiger partial charge in [0.25, 0.3) is 5.91 Å². The summed E-state index contributed by atoms with van der Waals surface area (Å²) in [5, 5.41) is 15.5. The Bertz CT molecular complexity index is 1020. The van der Waals surface area contributed by atoms with Crippen molar-refractivity contribution < 1.29 is 33.6 Å². The van der Waals surface area contributed by atoms with Crippen LogP contribution in [0.4, 0.5) is 0 Å². The first-order valence-electron chi connectivity index (χ1n) is 10.6. The van der Waals surface area contributed by atoms with Crippen LogP contribution in [0.3, 0.4) is 0 Å². The van der Waals surface area contributed by atoms with E-state index in [1.165, 1.54) is 0 Å². The zero-order valence-electron chi connectivity index (χ0n) is 18.2. The second-order valence-corrected chi connectivity index (χ2v) is 7.68. The number of methoxy groups -OCH3 is 1. The molecule has 0 saturated heterocycles. The van der Waals surface area contributed by atoms with E-state index < -0.39 is 18.2 Å². The van der Waals surface area contributed by atoms with Crippen molar-refractivity contribution in [3.05, 3.63) is 65.7 Å². The topological polar surface area (TPSA) is 115 Å². The van der Waals surface area contributed by atoms with Gasteiger partial charge in [0.15, 0.2) is 11.5 Å². The fourth-order valence-corrected chi connectivity index (χ4v) is 3.61. The first-order chi connectivity index (χ1) is 16.1. The Morgan fingerprint density at radius 3 is 2.64 bits per heavy atom. The summed E-state index contributed by atoms with van der Waals surface area (Å²) in [6, 6.07) is 11.8. The van der Waals surface area contributed by atoms with Crippen molar-refractivity contribution in [1.82, 2.24) is 10.6 Å². The molecule has 0 aliphatic carbocycles. The third-order valence-corrected chi connectivity index (χ3v) is 5.43. The zero-order valence-corrected chi connectivity index (χ0v) is 18.2. The number of amides is 2. The molecule has 3 atom stereocenters. The second kappa shape index (κ2) is 10.4. The molecule has 2 aromatic carbocycles. The van der Waals surface area contributed by atoms with Crippen molar-refractivity contribution in [3.8, 4) is 17.2 Å².